The third-order valence-electron chi connectivity index (χ3n) is 3.51. The largest absolute Gasteiger partial charge is 0.459 e. The number of ether oxygens (including phenoxy) is 2. The molecule has 1 fully saturated rings. The van der Waals surface area contributed by atoms with Gasteiger partial charge in [-0.3, -0.25) is 9.69 Å². The van der Waals surface area contributed by atoms with Gasteiger partial charge >= 0.3 is 5.97 Å². The number of carbonyl (C=O) groups excluding carboxylic acids is 1. The van der Waals surface area contributed by atoms with E-state index in [-0.39, 0.29) is 12.1 Å². The molecule has 0 amide bonds. The maximum atomic E-state index is 12.1. The van der Waals surface area contributed by atoms with Crippen LogP contribution in [-0.4, -0.2) is 42.3 Å². The van der Waals surface area contributed by atoms with Crippen LogP contribution in [0.3, 0.4) is 0 Å². The number of nitrogens with zero attached hydrogens (tertiary/aromatic N) is 1. The first kappa shape index (κ1) is 17.0. The summed E-state index contributed by atoms with van der Waals surface area (Å²) in [7, 11) is 0. The van der Waals surface area contributed by atoms with Crippen molar-refractivity contribution in [2.45, 2.75) is 51.9 Å². The predicted molar refractivity (Wildman–Crippen MR) is 86.5 cm³/mol. The van der Waals surface area contributed by atoms with E-state index < -0.39 is 5.60 Å². The Morgan fingerprint density at radius 2 is 2.05 bits per heavy atom. The zero-order valence-electron chi connectivity index (χ0n) is 13.9. The molecule has 1 aromatic rings. The quantitative estimate of drug-likeness (QED) is 0.757. The molecule has 0 spiro atoms. The predicted octanol–water partition coefficient (Wildman–Crippen LogP) is 3.01. The van der Waals surface area contributed by atoms with Crippen molar-refractivity contribution >= 4 is 5.97 Å². The second-order valence-electron chi connectivity index (χ2n) is 6.88. The zero-order chi connectivity index (χ0) is 16.0. The molecule has 22 heavy (non-hydrogen) atoms. The van der Waals surface area contributed by atoms with Gasteiger partial charge in [-0.25, -0.2) is 0 Å². The van der Waals surface area contributed by atoms with Gasteiger partial charge in [-0.2, -0.15) is 0 Å². The molecule has 122 valence electrons. The monoisotopic (exact) mass is 305 g/mol. The van der Waals surface area contributed by atoms with Crippen molar-refractivity contribution in [2.75, 3.05) is 19.7 Å². The van der Waals surface area contributed by atoms with Crippen LogP contribution in [0.25, 0.3) is 0 Å². The van der Waals surface area contributed by atoms with E-state index in [0.29, 0.717) is 6.54 Å². The van der Waals surface area contributed by atoms with Crippen molar-refractivity contribution < 1.29 is 14.3 Å². The number of carbonyl (C=O) groups is 1. The molecule has 4 nitrogen and oxygen atoms in total. The van der Waals surface area contributed by atoms with Crippen molar-refractivity contribution in [3.63, 3.8) is 0 Å². The minimum absolute atomic E-state index is 0.179. The fraction of sp³-hybridized carbons (Fsp3) is 0.611. The minimum atomic E-state index is -0.445. The molecule has 0 radical (unpaired) electrons. The minimum Gasteiger partial charge on any atom is -0.459 e. The summed E-state index contributed by atoms with van der Waals surface area (Å²) in [6.45, 7) is 8.32. The van der Waals surface area contributed by atoms with Crippen LogP contribution >= 0.6 is 0 Å². The molecule has 1 heterocycles. The molecule has 1 saturated heterocycles. The van der Waals surface area contributed by atoms with E-state index in [4.69, 9.17) is 9.47 Å². The summed E-state index contributed by atoms with van der Waals surface area (Å²) in [6, 6.07) is 10.2. The zero-order valence-corrected chi connectivity index (χ0v) is 13.9. The van der Waals surface area contributed by atoms with Gasteiger partial charge in [0.15, 0.2) is 0 Å². The summed E-state index contributed by atoms with van der Waals surface area (Å²) in [4.78, 5) is 14.3. The van der Waals surface area contributed by atoms with Crippen molar-refractivity contribution in [3.05, 3.63) is 35.9 Å². The van der Waals surface area contributed by atoms with Crippen LogP contribution < -0.4 is 0 Å². The van der Waals surface area contributed by atoms with Crippen LogP contribution in [0.15, 0.2) is 30.3 Å². The molecule has 1 aromatic carbocycles. The van der Waals surface area contributed by atoms with Gasteiger partial charge in [-0.15, -0.1) is 0 Å². The smallest absolute Gasteiger partial charge is 0.320 e. The van der Waals surface area contributed by atoms with Crippen LogP contribution in [0.1, 0.15) is 39.2 Å². The third-order valence-corrected chi connectivity index (χ3v) is 3.51. The molecule has 0 aromatic heterocycles. The van der Waals surface area contributed by atoms with Crippen LogP contribution in [0.4, 0.5) is 0 Å². The number of hydrogen-bond donors (Lipinski definition) is 0. The maximum Gasteiger partial charge on any atom is 0.320 e. The Balaban J connectivity index is 1.95. The Morgan fingerprint density at radius 1 is 1.32 bits per heavy atom. The van der Waals surface area contributed by atoms with Crippen molar-refractivity contribution in [1.82, 2.24) is 4.90 Å². The fourth-order valence-corrected chi connectivity index (χ4v) is 2.66. The second kappa shape index (κ2) is 7.75. The lowest BCUT2D eigenvalue weighted by Gasteiger charge is -2.26. The Kier molecular flexibility index (Phi) is 5.98. The molecule has 0 bridgehead atoms. The van der Waals surface area contributed by atoms with Gasteiger partial charge in [-0.05, 0) is 39.2 Å². The summed E-state index contributed by atoms with van der Waals surface area (Å²) in [6.07, 6.45) is 2.40. The van der Waals surface area contributed by atoms with E-state index in [1.54, 1.807) is 0 Å². The summed E-state index contributed by atoms with van der Waals surface area (Å²) in [5.41, 5.74) is 0.753. The standard InChI is InChI=1S/C18H27NO3/c1-18(2,3)22-17(20)14-19(13-16-10-7-11-21-16)12-15-8-5-4-6-9-15/h4-6,8-9,16H,7,10-14H2,1-3H3. The summed E-state index contributed by atoms with van der Waals surface area (Å²) < 4.78 is 11.2. The summed E-state index contributed by atoms with van der Waals surface area (Å²) in [5, 5.41) is 0. The topological polar surface area (TPSA) is 38.8 Å². The fourth-order valence-electron chi connectivity index (χ4n) is 2.66. The molecular formula is C18H27NO3. The van der Waals surface area contributed by atoms with E-state index in [9.17, 15) is 4.79 Å². The molecule has 0 N–H and O–H groups in total. The number of hydrogen-bond acceptors (Lipinski definition) is 4. The van der Waals surface area contributed by atoms with Gasteiger partial charge < -0.3 is 9.47 Å². The van der Waals surface area contributed by atoms with Gasteiger partial charge in [0.1, 0.15) is 5.60 Å². The maximum absolute atomic E-state index is 12.1. The van der Waals surface area contributed by atoms with Crippen molar-refractivity contribution in [3.8, 4) is 0 Å². The highest BCUT2D eigenvalue weighted by atomic mass is 16.6. The molecule has 1 aliphatic heterocycles. The van der Waals surface area contributed by atoms with Crippen LogP contribution in [-0.2, 0) is 20.8 Å². The Bertz CT molecular complexity index is 461. The number of rotatable bonds is 6. The summed E-state index contributed by atoms with van der Waals surface area (Å²) >= 11 is 0. The Hall–Kier alpha value is -1.39. The van der Waals surface area contributed by atoms with Crippen molar-refractivity contribution in [1.29, 1.82) is 0 Å². The van der Waals surface area contributed by atoms with E-state index in [0.717, 1.165) is 32.5 Å². The molecule has 1 unspecified atom stereocenters. The Labute approximate surface area is 133 Å². The number of esters is 1. The average molecular weight is 305 g/mol. The normalized spacial score (nSPS) is 18.6. The second-order valence-corrected chi connectivity index (χ2v) is 6.88. The first-order chi connectivity index (χ1) is 10.4. The lowest BCUT2D eigenvalue weighted by atomic mass is 10.1. The molecule has 1 atom stereocenters. The van der Waals surface area contributed by atoms with E-state index in [1.807, 2.05) is 39.0 Å². The van der Waals surface area contributed by atoms with Crippen LogP contribution in [0, 0.1) is 0 Å². The van der Waals surface area contributed by atoms with Gasteiger partial charge in [-0.1, -0.05) is 30.3 Å². The lowest BCUT2D eigenvalue weighted by molar-refractivity contribution is -0.156. The molecular weight excluding hydrogens is 278 g/mol. The van der Waals surface area contributed by atoms with E-state index >= 15 is 0 Å². The van der Waals surface area contributed by atoms with Crippen LogP contribution in [0.2, 0.25) is 0 Å². The van der Waals surface area contributed by atoms with Crippen LogP contribution in [0.5, 0.6) is 0 Å². The lowest BCUT2D eigenvalue weighted by Crippen LogP contribution is -2.38. The average Bonchev–Trinajstić information content (AvgIpc) is 2.90. The van der Waals surface area contributed by atoms with Gasteiger partial charge in [0, 0.05) is 19.7 Å². The summed E-state index contributed by atoms with van der Waals surface area (Å²) in [5.74, 6) is -0.179. The van der Waals surface area contributed by atoms with E-state index in [1.165, 1.54) is 5.56 Å². The van der Waals surface area contributed by atoms with Gasteiger partial charge in [0.05, 0.1) is 12.6 Å². The van der Waals surface area contributed by atoms with Crippen molar-refractivity contribution in [2.24, 2.45) is 0 Å². The third kappa shape index (κ3) is 6.16. The first-order valence-corrected chi connectivity index (χ1v) is 8.02. The molecule has 4 heteroatoms. The van der Waals surface area contributed by atoms with E-state index in [2.05, 4.69) is 17.0 Å². The first-order valence-electron chi connectivity index (χ1n) is 8.02. The highest BCUT2D eigenvalue weighted by Crippen LogP contribution is 2.16. The highest BCUT2D eigenvalue weighted by molar-refractivity contribution is 5.72. The van der Waals surface area contributed by atoms with Gasteiger partial charge in [0.2, 0.25) is 0 Å². The SMILES string of the molecule is CC(C)(C)OC(=O)CN(Cc1ccccc1)CC1CCCO1. The molecule has 0 aliphatic carbocycles. The molecule has 0 saturated carbocycles. The number of benzene rings is 1. The molecule has 2 rings (SSSR count). The van der Waals surface area contributed by atoms with Gasteiger partial charge in [0.25, 0.3) is 0 Å². The highest BCUT2D eigenvalue weighted by Gasteiger charge is 2.23. The Morgan fingerprint density at radius 3 is 2.64 bits per heavy atom. The molecule has 1 aliphatic rings.